The number of nitrogens with one attached hydrogen (secondary N) is 1. The highest BCUT2D eigenvalue weighted by Gasteiger charge is 2.27. The molecule has 124 valence electrons. The van der Waals surface area contributed by atoms with Gasteiger partial charge in [0.05, 0.1) is 17.1 Å². The normalized spacial score (nSPS) is 18.2. The summed E-state index contributed by atoms with van der Waals surface area (Å²) < 4.78 is 0. The van der Waals surface area contributed by atoms with Gasteiger partial charge in [-0.3, -0.25) is 4.99 Å². The first-order valence-corrected chi connectivity index (χ1v) is 8.65. The predicted molar refractivity (Wildman–Crippen MR) is 99.3 cm³/mol. The van der Waals surface area contributed by atoms with Crippen LogP contribution in [-0.4, -0.2) is 35.9 Å². The molecule has 2 aromatic rings. The molecule has 2 aromatic carbocycles. The maximum Gasteiger partial charge on any atom is 0.116 e. The standard InChI is InChI=1S/C19H20ClN3O/c1-23-8-6-12(7-9-23)19-15-11-14(24)3-5-16(15)21-17-4-2-13(20)10-18(17)22-19/h2-5,10-12,21,24H,6-9H2,1H3. The number of aromatic hydroxyl groups is 1. The van der Waals surface area contributed by atoms with E-state index in [1.54, 1.807) is 6.07 Å². The van der Waals surface area contributed by atoms with Gasteiger partial charge in [-0.1, -0.05) is 11.6 Å². The number of aliphatic imine (C=N–C) groups is 1. The summed E-state index contributed by atoms with van der Waals surface area (Å²) in [5.41, 5.74) is 4.80. The van der Waals surface area contributed by atoms with Gasteiger partial charge in [-0.05, 0) is 69.4 Å². The number of likely N-dealkylation sites (tertiary alicyclic amines) is 1. The summed E-state index contributed by atoms with van der Waals surface area (Å²) >= 11 is 6.18. The van der Waals surface area contributed by atoms with Crippen LogP contribution in [0, 0.1) is 5.92 Å². The van der Waals surface area contributed by atoms with Gasteiger partial charge in [-0.25, -0.2) is 0 Å². The third kappa shape index (κ3) is 2.87. The Morgan fingerprint density at radius 1 is 1.12 bits per heavy atom. The number of phenols is 1. The Morgan fingerprint density at radius 2 is 1.88 bits per heavy atom. The van der Waals surface area contributed by atoms with Gasteiger partial charge in [0.2, 0.25) is 0 Å². The van der Waals surface area contributed by atoms with Gasteiger partial charge in [0.15, 0.2) is 0 Å². The molecular formula is C19H20ClN3O. The van der Waals surface area contributed by atoms with Gasteiger partial charge in [0.1, 0.15) is 5.75 Å². The van der Waals surface area contributed by atoms with E-state index >= 15 is 0 Å². The Balaban J connectivity index is 1.85. The number of rotatable bonds is 1. The Kier molecular flexibility index (Phi) is 3.94. The summed E-state index contributed by atoms with van der Waals surface area (Å²) in [6.07, 6.45) is 2.14. The molecule has 2 aliphatic rings. The van der Waals surface area contributed by atoms with Crippen LogP contribution < -0.4 is 5.32 Å². The molecule has 0 bridgehead atoms. The van der Waals surface area contributed by atoms with E-state index in [9.17, 15) is 5.11 Å². The van der Waals surface area contributed by atoms with Crippen LogP contribution in [0.5, 0.6) is 5.75 Å². The molecule has 24 heavy (non-hydrogen) atoms. The quantitative estimate of drug-likeness (QED) is 0.747. The van der Waals surface area contributed by atoms with Crippen molar-refractivity contribution in [1.29, 1.82) is 0 Å². The first kappa shape index (κ1) is 15.5. The predicted octanol–water partition coefficient (Wildman–Crippen LogP) is 4.57. The van der Waals surface area contributed by atoms with Crippen molar-refractivity contribution in [2.45, 2.75) is 12.8 Å². The van der Waals surface area contributed by atoms with Crippen LogP contribution in [0.25, 0.3) is 0 Å². The summed E-state index contributed by atoms with van der Waals surface area (Å²) in [7, 11) is 2.15. The lowest BCUT2D eigenvalue weighted by Gasteiger charge is -2.30. The zero-order valence-electron chi connectivity index (χ0n) is 13.6. The number of nitrogens with zero attached hydrogens (tertiary/aromatic N) is 2. The second-order valence-corrected chi connectivity index (χ2v) is 7.03. The Morgan fingerprint density at radius 3 is 2.67 bits per heavy atom. The van der Waals surface area contributed by atoms with Crippen molar-refractivity contribution in [3.05, 3.63) is 47.0 Å². The van der Waals surface area contributed by atoms with E-state index in [0.29, 0.717) is 10.9 Å². The van der Waals surface area contributed by atoms with E-state index in [-0.39, 0.29) is 5.75 Å². The molecule has 2 N–H and O–H groups in total. The summed E-state index contributed by atoms with van der Waals surface area (Å²) in [5.74, 6) is 0.647. The second-order valence-electron chi connectivity index (χ2n) is 6.59. The van der Waals surface area contributed by atoms with E-state index < -0.39 is 0 Å². The van der Waals surface area contributed by atoms with E-state index in [1.807, 2.05) is 30.3 Å². The number of hydrogen-bond acceptors (Lipinski definition) is 4. The van der Waals surface area contributed by atoms with Gasteiger partial charge in [-0.15, -0.1) is 0 Å². The number of piperidine rings is 1. The van der Waals surface area contributed by atoms with Crippen LogP contribution in [0.4, 0.5) is 17.1 Å². The highest BCUT2D eigenvalue weighted by atomic mass is 35.5. The number of benzene rings is 2. The minimum atomic E-state index is 0.264. The molecule has 2 heterocycles. The van der Waals surface area contributed by atoms with Crippen LogP contribution in [0.15, 0.2) is 41.4 Å². The average Bonchev–Trinajstić information content (AvgIpc) is 2.72. The summed E-state index contributed by atoms with van der Waals surface area (Å²) in [4.78, 5) is 7.32. The summed E-state index contributed by atoms with van der Waals surface area (Å²) in [5, 5.41) is 14.1. The molecule has 0 amide bonds. The number of phenolic OH excluding ortho intramolecular Hbond substituents is 1. The zero-order valence-corrected chi connectivity index (χ0v) is 14.3. The lowest BCUT2D eigenvalue weighted by atomic mass is 9.87. The van der Waals surface area contributed by atoms with Gasteiger partial charge in [-0.2, -0.15) is 0 Å². The molecule has 0 unspecified atom stereocenters. The fraction of sp³-hybridized carbons (Fsp3) is 0.316. The largest absolute Gasteiger partial charge is 0.508 e. The topological polar surface area (TPSA) is 47.9 Å². The number of anilines is 2. The summed E-state index contributed by atoms with van der Waals surface area (Å²) in [6, 6.07) is 11.1. The van der Waals surface area contributed by atoms with Gasteiger partial charge >= 0.3 is 0 Å². The molecule has 2 aliphatic heterocycles. The molecular weight excluding hydrogens is 322 g/mol. The van der Waals surface area contributed by atoms with Crippen LogP contribution in [0.2, 0.25) is 5.02 Å². The average molecular weight is 342 g/mol. The molecule has 1 fully saturated rings. The number of hydrogen-bond donors (Lipinski definition) is 2. The minimum absolute atomic E-state index is 0.264. The molecule has 0 saturated carbocycles. The van der Waals surface area contributed by atoms with Crippen LogP contribution in [0.1, 0.15) is 18.4 Å². The van der Waals surface area contributed by atoms with Crippen LogP contribution in [0.3, 0.4) is 0 Å². The molecule has 0 atom stereocenters. The van der Waals surface area contributed by atoms with Crippen molar-refractivity contribution in [2.75, 3.05) is 25.5 Å². The molecule has 1 saturated heterocycles. The van der Waals surface area contributed by atoms with E-state index in [2.05, 4.69) is 17.3 Å². The fourth-order valence-corrected chi connectivity index (χ4v) is 3.65. The molecule has 4 nitrogen and oxygen atoms in total. The van der Waals surface area contributed by atoms with Crippen molar-refractivity contribution in [1.82, 2.24) is 4.90 Å². The van der Waals surface area contributed by atoms with Crippen molar-refractivity contribution in [3.63, 3.8) is 0 Å². The van der Waals surface area contributed by atoms with E-state index in [4.69, 9.17) is 16.6 Å². The summed E-state index contributed by atoms with van der Waals surface area (Å²) in [6.45, 7) is 2.13. The van der Waals surface area contributed by atoms with Crippen molar-refractivity contribution in [2.24, 2.45) is 10.9 Å². The maximum absolute atomic E-state index is 9.99. The second kappa shape index (κ2) is 6.11. The van der Waals surface area contributed by atoms with Crippen LogP contribution in [-0.2, 0) is 0 Å². The number of halogens is 1. The Labute approximate surface area is 146 Å². The van der Waals surface area contributed by atoms with Crippen LogP contribution >= 0.6 is 11.6 Å². The zero-order chi connectivity index (χ0) is 16.7. The van der Waals surface area contributed by atoms with E-state index in [0.717, 1.165) is 54.3 Å². The van der Waals surface area contributed by atoms with E-state index in [1.165, 1.54) is 0 Å². The monoisotopic (exact) mass is 341 g/mol. The smallest absolute Gasteiger partial charge is 0.116 e. The number of fused-ring (bicyclic) bond motifs is 2. The lowest BCUT2D eigenvalue weighted by Crippen LogP contribution is -2.33. The Bertz CT molecular complexity index is 810. The first-order chi connectivity index (χ1) is 11.6. The molecule has 0 aliphatic carbocycles. The third-order valence-corrected chi connectivity index (χ3v) is 5.09. The Hall–Kier alpha value is -2.04. The van der Waals surface area contributed by atoms with Crippen molar-refractivity contribution in [3.8, 4) is 5.75 Å². The van der Waals surface area contributed by atoms with Gasteiger partial charge < -0.3 is 15.3 Å². The van der Waals surface area contributed by atoms with Crippen molar-refractivity contribution >= 4 is 34.4 Å². The fourth-order valence-electron chi connectivity index (χ4n) is 3.48. The third-order valence-electron chi connectivity index (χ3n) is 4.85. The highest BCUT2D eigenvalue weighted by molar-refractivity contribution is 6.31. The molecule has 4 rings (SSSR count). The molecule has 0 spiro atoms. The highest BCUT2D eigenvalue weighted by Crippen LogP contribution is 2.39. The minimum Gasteiger partial charge on any atom is -0.508 e. The molecule has 5 heteroatoms. The van der Waals surface area contributed by atoms with Gasteiger partial charge in [0.25, 0.3) is 0 Å². The lowest BCUT2D eigenvalue weighted by molar-refractivity contribution is 0.252. The molecule has 0 radical (unpaired) electrons. The van der Waals surface area contributed by atoms with Crippen molar-refractivity contribution < 1.29 is 5.11 Å². The van der Waals surface area contributed by atoms with Gasteiger partial charge in [0, 0.05) is 22.2 Å². The SMILES string of the molecule is CN1CCC(C2=Nc3cc(Cl)ccc3Nc3ccc(O)cc32)CC1. The molecule has 0 aromatic heterocycles. The first-order valence-electron chi connectivity index (χ1n) is 8.27. The maximum atomic E-state index is 9.99.